The highest BCUT2D eigenvalue weighted by molar-refractivity contribution is 6.00. The molecule has 2 nitrogen and oxygen atoms in total. The van der Waals surface area contributed by atoms with E-state index in [0.29, 0.717) is 12.0 Å². The van der Waals surface area contributed by atoms with E-state index in [1.807, 2.05) is 31.2 Å². The minimum atomic E-state index is -0.501. The summed E-state index contributed by atoms with van der Waals surface area (Å²) in [4.78, 5) is 12.2. The topological polar surface area (TPSA) is 37.3 Å². The second-order valence-electron chi connectivity index (χ2n) is 4.90. The Morgan fingerprint density at radius 1 is 1.47 bits per heavy atom. The molecular weight excluding hydrogens is 212 g/mol. The van der Waals surface area contributed by atoms with Crippen LogP contribution in [-0.4, -0.2) is 10.9 Å². The van der Waals surface area contributed by atoms with Gasteiger partial charge in [-0.05, 0) is 31.7 Å². The quantitative estimate of drug-likeness (QED) is 0.809. The summed E-state index contributed by atoms with van der Waals surface area (Å²) >= 11 is 0. The minimum Gasteiger partial charge on any atom is -0.388 e. The van der Waals surface area contributed by atoms with Crippen molar-refractivity contribution >= 4 is 5.78 Å². The lowest BCUT2D eigenvalue weighted by Crippen LogP contribution is -2.25. The van der Waals surface area contributed by atoms with Gasteiger partial charge >= 0.3 is 0 Å². The molecule has 1 aromatic carbocycles. The van der Waals surface area contributed by atoms with Crippen molar-refractivity contribution in [1.29, 1.82) is 0 Å². The highest BCUT2D eigenvalue weighted by Crippen LogP contribution is 2.35. The summed E-state index contributed by atoms with van der Waals surface area (Å²) < 4.78 is 0. The number of carbonyl (C=O) groups is 1. The average Bonchev–Trinajstić information content (AvgIpc) is 2.32. The van der Waals surface area contributed by atoms with Gasteiger partial charge in [0, 0.05) is 11.5 Å². The fourth-order valence-corrected chi connectivity index (χ4v) is 2.40. The maximum atomic E-state index is 12.2. The molecule has 0 aromatic heterocycles. The summed E-state index contributed by atoms with van der Waals surface area (Å²) in [6, 6.07) is 7.37. The van der Waals surface area contributed by atoms with Crippen molar-refractivity contribution in [3.05, 3.63) is 47.5 Å². The van der Waals surface area contributed by atoms with E-state index >= 15 is 0 Å². The Morgan fingerprint density at radius 2 is 2.18 bits per heavy atom. The molecule has 1 aliphatic rings. The number of ketones is 1. The molecule has 0 amide bonds. The third-order valence-corrected chi connectivity index (χ3v) is 3.38. The van der Waals surface area contributed by atoms with Crippen LogP contribution in [-0.2, 0) is 0 Å². The van der Waals surface area contributed by atoms with Crippen molar-refractivity contribution in [1.82, 2.24) is 0 Å². The van der Waals surface area contributed by atoms with Crippen molar-refractivity contribution in [3.8, 4) is 0 Å². The second kappa shape index (κ2) is 4.84. The molecule has 1 aliphatic carbocycles. The number of hydrogen-bond acceptors (Lipinski definition) is 2. The van der Waals surface area contributed by atoms with Crippen LogP contribution in [0.4, 0.5) is 0 Å². The zero-order valence-electron chi connectivity index (χ0n) is 10.1. The van der Waals surface area contributed by atoms with Crippen LogP contribution in [0.15, 0.2) is 36.4 Å². The highest BCUT2D eigenvalue weighted by Gasteiger charge is 2.31. The second-order valence-corrected chi connectivity index (χ2v) is 4.90. The van der Waals surface area contributed by atoms with Gasteiger partial charge in [0.15, 0.2) is 5.78 Å². The smallest absolute Gasteiger partial charge is 0.166 e. The lowest BCUT2D eigenvalue weighted by molar-refractivity contribution is 0.0763. The first-order valence-electron chi connectivity index (χ1n) is 6.05. The number of aliphatic hydroxyl groups excluding tert-OH is 1. The molecule has 0 radical (unpaired) electrons. The monoisotopic (exact) mass is 230 g/mol. The third kappa shape index (κ3) is 2.47. The van der Waals surface area contributed by atoms with Crippen molar-refractivity contribution in [2.75, 3.05) is 0 Å². The minimum absolute atomic E-state index is 0.0587. The SMILES string of the molecule is C=C(C)CCC1CC(O)c2ccccc2C1=O. The van der Waals surface area contributed by atoms with Crippen LogP contribution in [0.2, 0.25) is 0 Å². The van der Waals surface area contributed by atoms with Crippen LogP contribution >= 0.6 is 0 Å². The van der Waals surface area contributed by atoms with Gasteiger partial charge < -0.3 is 5.11 Å². The molecule has 0 saturated heterocycles. The van der Waals surface area contributed by atoms with Gasteiger partial charge in [-0.1, -0.05) is 29.8 Å². The summed E-state index contributed by atoms with van der Waals surface area (Å²) in [6.45, 7) is 5.82. The summed E-state index contributed by atoms with van der Waals surface area (Å²) in [5.41, 5.74) is 2.56. The summed E-state index contributed by atoms with van der Waals surface area (Å²) in [5, 5.41) is 10.0. The molecule has 0 bridgehead atoms. The molecule has 1 N–H and O–H groups in total. The van der Waals surface area contributed by atoms with Crippen LogP contribution in [0, 0.1) is 5.92 Å². The van der Waals surface area contributed by atoms with Gasteiger partial charge in [0.1, 0.15) is 0 Å². The van der Waals surface area contributed by atoms with E-state index in [-0.39, 0.29) is 11.7 Å². The van der Waals surface area contributed by atoms with Gasteiger partial charge in [0.2, 0.25) is 0 Å². The van der Waals surface area contributed by atoms with E-state index in [9.17, 15) is 9.90 Å². The highest BCUT2D eigenvalue weighted by atomic mass is 16.3. The Balaban J connectivity index is 2.21. The summed E-state index contributed by atoms with van der Waals surface area (Å²) in [5.74, 6) is 0.115. The zero-order valence-corrected chi connectivity index (χ0v) is 10.1. The molecule has 2 rings (SSSR count). The average molecular weight is 230 g/mol. The van der Waals surface area contributed by atoms with Crippen LogP contribution in [0.1, 0.15) is 48.2 Å². The first-order valence-corrected chi connectivity index (χ1v) is 6.05. The molecule has 2 heteroatoms. The molecule has 0 fully saturated rings. The summed E-state index contributed by atoms with van der Waals surface area (Å²) in [6.07, 6.45) is 1.69. The van der Waals surface area contributed by atoms with Gasteiger partial charge in [-0.3, -0.25) is 4.79 Å². The number of aliphatic hydroxyl groups is 1. The van der Waals surface area contributed by atoms with E-state index in [0.717, 1.165) is 24.0 Å². The van der Waals surface area contributed by atoms with E-state index in [1.165, 1.54) is 0 Å². The van der Waals surface area contributed by atoms with Crippen molar-refractivity contribution in [2.24, 2.45) is 5.92 Å². The third-order valence-electron chi connectivity index (χ3n) is 3.38. The van der Waals surface area contributed by atoms with E-state index < -0.39 is 6.10 Å². The van der Waals surface area contributed by atoms with Crippen LogP contribution < -0.4 is 0 Å². The van der Waals surface area contributed by atoms with E-state index in [2.05, 4.69) is 6.58 Å². The first-order chi connectivity index (χ1) is 8.09. The molecule has 0 aliphatic heterocycles. The van der Waals surface area contributed by atoms with Gasteiger partial charge in [0.25, 0.3) is 0 Å². The number of carbonyl (C=O) groups excluding carboxylic acids is 1. The number of Topliss-reactive ketones (excluding diaryl/α,β-unsaturated/α-hetero) is 1. The van der Waals surface area contributed by atoms with Crippen molar-refractivity contribution in [3.63, 3.8) is 0 Å². The van der Waals surface area contributed by atoms with Gasteiger partial charge in [-0.15, -0.1) is 6.58 Å². The van der Waals surface area contributed by atoms with E-state index in [4.69, 9.17) is 0 Å². The van der Waals surface area contributed by atoms with Gasteiger partial charge in [-0.2, -0.15) is 0 Å². The number of hydrogen-bond donors (Lipinski definition) is 1. The summed E-state index contributed by atoms with van der Waals surface area (Å²) in [7, 11) is 0. The number of allylic oxidation sites excluding steroid dienone is 1. The normalized spacial score (nSPS) is 23.3. The number of benzene rings is 1. The molecule has 0 heterocycles. The lowest BCUT2D eigenvalue weighted by atomic mass is 9.78. The van der Waals surface area contributed by atoms with Crippen LogP contribution in [0.25, 0.3) is 0 Å². The van der Waals surface area contributed by atoms with Crippen molar-refractivity contribution in [2.45, 2.75) is 32.3 Å². The Morgan fingerprint density at radius 3 is 2.88 bits per heavy atom. The zero-order chi connectivity index (χ0) is 12.4. The standard InChI is InChI=1S/C15H18O2/c1-10(2)7-8-11-9-14(16)12-5-3-4-6-13(12)15(11)17/h3-6,11,14,16H,1,7-9H2,2H3. The van der Waals surface area contributed by atoms with Gasteiger partial charge in [-0.25, -0.2) is 0 Å². The molecule has 2 atom stereocenters. The maximum absolute atomic E-state index is 12.2. The van der Waals surface area contributed by atoms with Gasteiger partial charge in [0.05, 0.1) is 6.10 Å². The Hall–Kier alpha value is -1.41. The number of fused-ring (bicyclic) bond motifs is 1. The predicted molar refractivity (Wildman–Crippen MR) is 67.9 cm³/mol. The fraction of sp³-hybridized carbons (Fsp3) is 0.400. The molecule has 1 aromatic rings. The molecule has 17 heavy (non-hydrogen) atoms. The molecule has 0 spiro atoms. The van der Waals surface area contributed by atoms with Crippen LogP contribution in [0.3, 0.4) is 0 Å². The number of rotatable bonds is 3. The Labute approximate surface area is 102 Å². The Kier molecular flexibility index (Phi) is 3.43. The van der Waals surface area contributed by atoms with E-state index in [1.54, 1.807) is 0 Å². The van der Waals surface area contributed by atoms with Crippen molar-refractivity contribution < 1.29 is 9.90 Å². The largest absolute Gasteiger partial charge is 0.388 e. The molecule has 90 valence electrons. The maximum Gasteiger partial charge on any atom is 0.166 e. The first kappa shape index (κ1) is 12.1. The lowest BCUT2D eigenvalue weighted by Gasteiger charge is -2.27. The Bertz CT molecular complexity index is 448. The fourth-order valence-electron chi connectivity index (χ4n) is 2.40. The predicted octanol–water partition coefficient (Wildman–Crippen LogP) is 3.28. The molecular formula is C15H18O2. The molecule has 2 unspecified atom stereocenters. The van der Waals surface area contributed by atoms with Crippen LogP contribution in [0.5, 0.6) is 0 Å². The molecule has 0 saturated carbocycles.